The molecule has 4 heterocycles. The molecule has 2 aliphatic rings. The maximum atomic E-state index is 15.1. The molecule has 246 valence electrons. The Morgan fingerprint density at radius 3 is 1.75 bits per heavy atom. The molecule has 0 spiro atoms. The van der Waals surface area contributed by atoms with Crippen LogP contribution in [0.15, 0.2) is 85.3 Å². The summed E-state index contributed by atoms with van der Waals surface area (Å²) in [5, 5.41) is 24.2. The molecular weight excluding hydrogens is 669 g/mol. The highest BCUT2D eigenvalue weighted by atomic mass is 32.2. The van der Waals surface area contributed by atoms with Gasteiger partial charge in [-0.3, -0.25) is 32.6 Å². The Morgan fingerprint density at radius 1 is 0.729 bits per heavy atom. The number of para-hydroxylation sites is 1. The summed E-state index contributed by atoms with van der Waals surface area (Å²) < 4.78 is 61.5. The van der Waals surface area contributed by atoms with E-state index in [0.717, 1.165) is 20.0 Å². The molecule has 2 unspecified atom stereocenters. The van der Waals surface area contributed by atoms with Crippen molar-refractivity contribution in [3.05, 3.63) is 103 Å². The van der Waals surface area contributed by atoms with Gasteiger partial charge in [0.1, 0.15) is 36.0 Å². The molecule has 7 rings (SSSR count). The molecule has 5 aromatic rings. The number of hydrogen-bond acceptors (Lipinski definition) is 8. The number of aryl methyl sites for hydroxylation is 1. The molecule has 0 saturated carbocycles. The number of carbonyl (C=O) groups is 2. The van der Waals surface area contributed by atoms with Gasteiger partial charge in [0.15, 0.2) is 11.6 Å². The van der Waals surface area contributed by atoms with Gasteiger partial charge in [-0.1, -0.05) is 24.3 Å². The summed E-state index contributed by atoms with van der Waals surface area (Å²) in [6, 6.07) is 18.2. The van der Waals surface area contributed by atoms with Gasteiger partial charge in [0.25, 0.3) is 11.8 Å². The van der Waals surface area contributed by atoms with E-state index in [4.69, 9.17) is 0 Å². The number of anilines is 2. The Labute approximate surface area is 276 Å². The van der Waals surface area contributed by atoms with Crippen molar-refractivity contribution in [1.82, 2.24) is 24.2 Å². The summed E-state index contributed by atoms with van der Waals surface area (Å²) in [7, 11) is 0. The normalized spacial score (nSPS) is 17.1. The van der Waals surface area contributed by atoms with E-state index < -0.39 is 51.5 Å². The number of hydrogen-bond donors (Lipinski definition) is 4. The van der Waals surface area contributed by atoms with Crippen LogP contribution in [0.1, 0.15) is 5.69 Å². The third-order valence-corrected chi connectivity index (χ3v) is 9.43. The van der Waals surface area contributed by atoms with E-state index in [-0.39, 0.29) is 41.3 Å². The van der Waals surface area contributed by atoms with Gasteiger partial charge in [0, 0.05) is 40.3 Å². The van der Waals surface area contributed by atoms with Crippen LogP contribution in [0.4, 0.5) is 20.2 Å². The van der Waals surface area contributed by atoms with E-state index in [1.807, 2.05) is 37.3 Å². The predicted octanol–water partition coefficient (Wildman–Crippen LogP) is 3.32. The SMILES string of the molecule is Cc1ccc(-c2ccc(O)c(N3CC(=O)NS3=O)c2F)cn1.O=C1CN(c2c(O)ccc(-c3cnn(-c4ccccc4)c3)c2F)S(=O)N1. The molecule has 2 fully saturated rings. The minimum absolute atomic E-state index is 0.177. The van der Waals surface area contributed by atoms with Crippen LogP contribution >= 0.6 is 0 Å². The Balaban J connectivity index is 0.000000170. The molecule has 0 radical (unpaired) electrons. The largest absolute Gasteiger partial charge is 0.506 e. The van der Waals surface area contributed by atoms with Gasteiger partial charge in [-0.05, 0) is 49.4 Å². The molecule has 17 heteroatoms. The van der Waals surface area contributed by atoms with Crippen LogP contribution in [0.3, 0.4) is 0 Å². The van der Waals surface area contributed by atoms with Crippen molar-refractivity contribution < 1.29 is 37.0 Å². The lowest BCUT2D eigenvalue weighted by molar-refractivity contribution is -0.118. The Hall–Kier alpha value is -5.68. The molecule has 13 nitrogen and oxygen atoms in total. The molecule has 2 atom stereocenters. The van der Waals surface area contributed by atoms with Crippen molar-refractivity contribution in [2.45, 2.75) is 6.92 Å². The zero-order valence-electron chi connectivity index (χ0n) is 24.8. The molecule has 4 N–H and O–H groups in total. The first-order valence-electron chi connectivity index (χ1n) is 14.1. The number of nitrogens with zero attached hydrogens (tertiary/aromatic N) is 5. The fourth-order valence-electron chi connectivity index (χ4n) is 4.91. The average Bonchev–Trinajstić information content (AvgIpc) is 3.77. The monoisotopic (exact) mass is 693 g/mol. The molecule has 2 saturated heterocycles. The first kappa shape index (κ1) is 32.3. The third kappa shape index (κ3) is 6.32. The Morgan fingerprint density at radius 2 is 1.27 bits per heavy atom. The number of phenolic OH excluding ortho intramolecular Hbond substituents is 2. The molecular formula is C31H25F2N7O6S2. The predicted molar refractivity (Wildman–Crippen MR) is 174 cm³/mol. The zero-order valence-corrected chi connectivity index (χ0v) is 26.5. The number of carbonyl (C=O) groups excluding carboxylic acids is 2. The first-order valence-corrected chi connectivity index (χ1v) is 16.3. The molecule has 2 aliphatic heterocycles. The van der Waals surface area contributed by atoms with E-state index in [1.54, 1.807) is 23.0 Å². The smallest absolute Gasteiger partial charge is 0.253 e. The molecule has 3 aromatic carbocycles. The van der Waals surface area contributed by atoms with E-state index >= 15 is 4.39 Å². The lowest BCUT2D eigenvalue weighted by atomic mass is 10.1. The quantitative estimate of drug-likeness (QED) is 0.217. The average molecular weight is 694 g/mol. The van der Waals surface area contributed by atoms with Gasteiger partial charge in [-0.15, -0.1) is 0 Å². The number of benzene rings is 3. The lowest BCUT2D eigenvalue weighted by Crippen LogP contribution is -2.23. The number of halogens is 2. The first-order chi connectivity index (χ1) is 23.0. The van der Waals surface area contributed by atoms with E-state index in [1.165, 1.54) is 36.7 Å². The van der Waals surface area contributed by atoms with Crippen molar-refractivity contribution >= 4 is 45.5 Å². The summed E-state index contributed by atoms with van der Waals surface area (Å²) in [6.45, 7) is 1.23. The van der Waals surface area contributed by atoms with Crippen LogP contribution in [0.25, 0.3) is 27.9 Å². The second-order valence-electron chi connectivity index (χ2n) is 10.4. The van der Waals surface area contributed by atoms with Crippen LogP contribution in [0.2, 0.25) is 0 Å². The van der Waals surface area contributed by atoms with Crippen molar-refractivity contribution in [1.29, 1.82) is 0 Å². The number of nitrogens with one attached hydrogen (secondary N) is 2. The maximum absolute atomic E-state index is 15.1. The summed E-state index contributed by atoms with van der Waals surface area (Å²) >= 11 is -3.85. The fraction of sp³-hybridized carbons (Fsp3) is 0.0968. The highest BCUT2D eigenvalue weighted by Gasteiger charge is 2.33. The second kappa shape index (κ2) is 13.2. The van der Waals surface area contributed by atoms with Crippen molar-refractivity contribution in [2.75, 3.05) is 21.7 Å². The second-order valence-corrected chi connectivity index (χ2v) is 12.7. The topological polar surface area (TPSA) is 170 Å². The highest BCUT2D eigenvalue weighted by Crippen LogP contribution is 2.39. The molecule has 0 aliphatic carbocycles. The van der Waals surface area contributed by atoms with Crippen LogP contribution in [-0.2, 0) is 31.9 Å². The number of amides is 2. The van der Waals surface area contributed by atoms with E-state index in [0.29, 0.717) is 11.1 Å². The van der Waals surface area contributed by atoms with Gasteiger partial charge in [-0.2, -0.15) is 5.10 Å². The summed E-state index contributed by atoms with van der Waals surface area (Å²) in [5.74, 6) is -3.32. The van der Waals surface area contributed by atoms with Gasteiger partial charge in [0.2, 0.25) is 22.3 Å². The minimum atomic E-state index is -1.94. The van der Waals surface area contributed by atoms with Gasteiger partial charge in [0.05, 0.1) is 11.9 Å². The zero-order chi connectivity index (χ0) is 34.1. The summed E-state index contributed by atoms with van der Waals surface area (Å²) in [4.78, 5) is 26.8. The number of rotatable bonds is 5. The highest BCUT2D eigenvalue weighted by molar-refractivity contribution is 7.86. The van der Waals surface area contributed by atoms with Crippen molar-refractivity contribution in [3.63, 3.8) is 0 Å². The van der Waals surface area contributed by atoms with Crippen LogP contribution in [0, 0.1) is 18.6 Å². The van der Waals surface area contributed by atoms with Gasteiger partial charge < -0.3 is 10.2 Å². The number of pyridine rings is 1. The summed E-state index contributed by atoms with van der Waals surface area (Å²) in [6.07, 6.45) is 4.66. The minimum Gasteiger partial charge on any atom is -0.506 e. The van der Waals surface area contributed by atoms with Crippen molar-refractivity contribution in [2.24, 2.45) is 0 Å². The lowest BCUT2D eigenvalue weighted by Gasteiger charge is -2.17. The summed E-state index contributed by atoms with van der Waals surface area (Å²) in [5.41, 5.74) is 2.44. The Kier molecular flexibility index (Phi) is 8.88. The third-order valence-electron chi connectivity index (χ3n) is 7.20. The number of aromatic hydroxyl groups is 2. The molecule has 2 aromatic heterocycles. The standard InChI is InChI=1S/C17H13FN4O3S.C14H12FN3O3S/c18-16-13(11-8-19-21(9-11)12-4-2-1-3-5-12)6-7-14(23)17(16)22-10-15(24)20-26(22)25;1-8-2-3-9(6-16-8)10-4-5-11(19)14(13(10)15)18-7-12(20)17-22(18)21/h1-9,23H,10H2,(H,20,24);2-6,19H,7H2,1H3,(H,17,20). The molecule has 48 heavy (non-hydrogen) atoms. The van der Waals surface area contributed by atoms with Crippen LogP contribution in [0.5, 0.6) is 11.5 Å². The fourth-order valence-corrected chi connectivity index (χ4v) is 6.80. The van der Waals surface area contributed by atoms with Crippen LogP contribution < -0.4 is 18.1 Å². The van der Waals surface area contributed by atoms with E-state index in [9.17, 15) is 32.6 Å². The molecule has 0 bridgehead atoms. The van der Waals surface area contributed by atoms with Crippen LogP contribution in [-0.4, -0.2) is 58.3 Å². The number of aromatic nitrogens is 3. The van der Waals surface area contributed by atoms with Gasteiger partial charge >= 0.3 is 0 Å². The number of phenols is 2. The Bertz CT molecular complexity index is 2100. The van der Waals surface area contributed by atoms with Crippen molar-refractivity contribution in [3.8, 4) is 39.4 Å². The maximum Gasteiger partial charge on any atom is 0.253 e. The van der Waals surface area contributed by atoms with Gasteiger partial charge in [-0.25, -0.2) is 21.9 Å². The van der Waals surface area contributed by atoms with E-state index in [2.05, 4.69) is 19.5 Å². The molecule has 2 amide bonds.